The average Bonchev–Trinajstić information content (AvgIpc) is 2.98. The van der Waals surface area contributed by atoms with Gasteiger partial charge in [0.1, 0.15) is 5.76 Å². The number of carbonyl (C=O) groups excluding carboxylic acids is 1. The van der Waals surface area contributed by atoms with Crippen molar-refractivity contribution in [2.75, 3.05) is 19.8 Å². The van der Waals surface area contributed by atoms with Crippen molar-refractivity contribution in [2.24, 2.45) is 5.92 Å². The topological polar surface area (TPSA) is 85.6 Å². The van der Waals surface area contributed by atoms with Crippen LogP contribution in [0.3, 0.4) is 0 Å². The van der Waals surface area contributed by atoms with Crippen LogP contribution in [0.15, 0.2) is 4.52 Å². The summed E-state index contributed by atoms with van der Waals surface area (Å²) < 4.78 is 16.8. The second-order valence-corrected chi connectivity index (χ2v) is 7.48. The van der Waals surface area contributed by atoms with Crippen molar-refractivity contribution < 1.29 is 18.8 Å². The summed E-state index contributed by atoms with van der Waals surface area (Å²) in [6.45, 7) is 6.11. The Balaban J connectivity index is 1.46. The lowest BCUT2D eigenvalue weighted by atomic mass is 9.89. The van der Waals surface area contributed by atoms with Crippen LogP contribution >= 0.6 is 0 Å². The van der Waals surface area contributed by atoms with E-state index in [9.17, 15) is 4.79 Å². The van der Waals surface area contributed by atoms with Crippen molar-refractivity contribution >= 4 is 6.03 Å². The van der Waals surface area contributed by atoms with E-state index in [1.54, 1.807) is 0 Å². The number of hydrogen-bond donors (Lipinski definition) is 2. The van der Waals surface area contributed by atoms with Crippen LogP contribution in [-0.2, 0) is 16.1 Å². The van der Waals surface area contributed by atoms with Gasteiger partial charge in [0, 0.05) is 18.7 Å². The highest BCUT2D eigenvalue weighted by Gasteiger charge is 2.29. The number of rotatable bonds is 6. The van der Waals surface area contributed by atoms with Gasteiger partial charge in [0.2, 0.25) is 0 Å². The van der Waals surface area contributed by atoms with Gasteiger partial charge in [-0.3, -0.25) is 0 Å². The maximum absolute atomic E-state index is 12.3. The molecule has 0 aromatic carbocycles. The van der Waals surface area contributed by atoms with Crippen LogP contribution in [-0.4, -0.2) is 43.1 Å². The molecular weight excluding hydrogens is 334 g/mol. The van der Waals surface area contributed by atoms with Gasteiger partial charge in [-0.2, -0.15) is 0 Å². The van der Waals surface area contributed by atoms with Crippen LogP contribution in [0, 0.1) is 19.8 Å². The first kappa shape index (κ1) is 19.2. The van der Waals surface area contributed by atoms with Crippen LogP contribution in [0.4, 0.5) is 4.79 Å². The molecule has 7 heteroatoms. The van der Waals surface area contributed by atoms with E-state index in [0.29, 0.717) is 25.7 Å². The molecule has 1 saturated carbocycles. The summed E-state index contributed by atoms with van der Waals surface area (Å²) in [6.07, 6.45) is 7.01. The third-order valence-electron chi connectivity index (χ3n) is 5.51. The van der Waals surface area contributed by atoms with Gasteiger partial charge >= 0.3 is 6.03 Å². The first-order valence-electron chi connectivity index (χ1n) is 9.79. The smallest absolute Gasteiger partial charge is 0.315 e. The maximum atomic E-state index is 12.3. The van der Waals surface area contributed by atoms with Crippen LogP contribution in [0.25, 0.3) is 0 Å². The third kappa shape index (κ3) is 5.20. The monoisotopic (exact) mass is 365 g/mol. The number of ether oxygens (including phenoxy) is 2. The quantitative estimate of drug-likeness (QED) is 0.810. The van der Waals surface area contributed by atoms with E-state index in [-0.39, 0.29) is 18.2 Å². The summed E-state index contributed by atoms with van der Waals surface area (Å²) in [4.78, 5) is 12.3. The Morgan fingerprint density at radius 3 is 2.77 bits per heavy atom. The highest BCUT2D eigenvalue weighted by atomic mass is 16.5. The molecule has 2 heterocycles. The SMILES string of the molecule is Cc1noc(C)c1CO[C@H]1CCOC[C@H]1NC(=O)NCC1CCCCC1. The van der Waals surface area contributed by atoms with Gasteiger partial charge in [-0.25, -0.2) is 4.79 Å². The van der Waals surface area contributed by atoms with E-state index < -0.39 is 0 Å². The molecule has 2 atom stereocenters. The number of nitrogens with zero attached hydrogens (tertiary/aromatic N) is 1. The molecule has 2 N–H and O–H groups in total. The Kier molecular flexibility index (Phi) is 6.91. The van der Waals surface area contributed by atoms with Gasteiger partial charge < -0.3 is 24.6 Å². The number of nitrogens with one attached hydrogen (secondary N) is 2. The Morgan fingerprint density at radius 2 is 2.04 bits per heavy atom. The van der Waals surface area contributed by atoms with Crippen molar-refractivity contribution in [1.82, 2.24) is 15.8 Å². The van der Waals surface area contributed by atoms with Gasteiger partial charge in [-0.15, -0.1) is 0 Å². The molecule has 1 aliphatic carbocycles. The van der Waals surface area contributed by atoms with Crippen molar-refractivity contribution in [3.8, 4) is 0 Å². The van der Waals surface area contributed by atoms with Gasteiger partial charge in [-0.1, -0.05) is 24.4 Å². The zero-order valence-corrected chi connectivity index (χ0v) is 15.9. The predicted octanol–water partition coefficient (Wildman–Crippen LogP) is 2.85. The average molecular weight is 365 g/mol. The summed E-state index contributed by atoms with van der Waals surface area (Å²) in [7, 11) is 0. The van der Waals surface area contributed by atoms with Gasteiger partial charge in [0.05, 0.1) is 31.1 Å². The van der Waals surface area contributed by atoms with Gasteiger partial charge in [-0.05, 0) is 39.0 Å². The zero-order valence-electron chi connectivity index (χ0n) is 15.9. The molecule has 26 heavy (non-hydrogen) atoms. The van der Waals surface area contributed by atoms with Crippen LogP contribution in [0.1, 0.15) is 55.5 Å². The normalized spacial score (nSPS) is 24.4. The second kappa shape index (κ2) is 9.37. The molecule has 1 aliphatic heterocycles. The number of aromatic nitrogens is 1. The largest absolute Gasteiger partial charge is 0.379 e. The minimum atomic E-state index is -0.143. The lowest BCUT2D eigenvalue weighted by Gasteiger charge is -2.32. The van der Waals surface area contributed by atoms with Crippen molar-refractivity contribution in [3.05, 3.63) is 17.0 Å². The summed E-state index contributed by atoms with van der Waals surface area (Å²) in [5.74, 6) is 1.40. The molecule has 146 valence electrons. The molecule has 0 bridgehead atoms. The van der Waals surface area contributed by atoms with E-state index in [1.165, 1.54) is 32.1 Å². The van der Waals surface area contributed by atoms with Crippen molar-refractivity contribution in [2.45, 2.75) is 71.1 Å². The first-order valence-corrected chi connectivity index (χ1v) is 9.79. The van der Waals surface area contributed by atoms with Gasteiger partial charge in [0.15, 0.2) is 0 Å². The molecular formula is C19H31N3O4. The number of hydrogen-bond acceptors (Lipinski definition) is 5. The minimum Gasteiger partial charge on any atom is -0.379 e. The highest BCUT2D eigenvalue weighted by Crippen LogP contribution is 2.23. The highest BCUT2D eigenvalue weighted by molar-refractivity contribution is 5.74. The molecule has 0 unspecified atom stereocenters. The lowest BCUT2D eigenvalue weighted by molar-refractivity contribution is -0.0599. The molecule has 2 aliphatic rings. The summed E-state index contributed by atoms with van der Waals surface area (Å²) in [6, 6.07) is -0.271. The number of carbonyl (C=O) groups is 1. The van der Waals surface area contributed by atoms with Crippen LogP contribution in [0.5, 0.6) is 0 Å². The summed E-state index contributed by atoms with van der Waals surface area (Å²) >= 11 is 0. The standard InChI is InChI=1S/C19H31N3O4/c1-13-16(14(2)26-22-13)11-25-18-8-9-24-12-17(18)21-19(23)20-10-15-6-4-3-5-7-15/h15,17-18H,3-12H2,1-2H3,(H2,20,21,23)/t17-,18+/m1/s1. The zero-order chi connectivity index (χ0) is 18.4. The summed E-state index contributed by atoms with van der Waals surface area (Å²) in [5.41, 5.74) is 1.83. The predicted molar refractivity (Wildman–Crippen MR) is 96.9 cm³/mol. The van der Waals surface area contributed by atoms with Crippen molar-refractivity contribution in [1.29, 1.82) is 0 Å². The van der Waals surface area contributed by atoms with Crippen LogP contribution < -0.4 is 10.6 Å². The fourth-order valence-corrected chi connectivity index (χ4v) is 3.80. The van der Waals surface area contributed by atoms with E-state index in [1.807, 2.05) is 13.8 Å². The summed E-state index contributed by atoms with van der Waals surface area (Å²) in [5, 5.41) is 10.0. The minimum absolute atomic E-state index is 0.0714. The Hall–Kier alpha value is -1.60. The first-order chi connectivity index (χ1) is 12.6. The second-order valence-electron chi connectivity index (χ2n) is 7.48. The van der Waals surface area contributed by atoms with E-state index >= 15 is 0 Å². The molecule has 2 fully saturated rings. The molecule has 3 rings (SSSR count). The molecule has 1 aromatic heterocycles. The molecule has 7 nitrogen and oxygen atoms in total. The molecule has 1 aromatic rings. The van der Waals surface area contributed by atoms with Gasteiger partial charge in [0.25, 0.3) is 0 Å². The van der Waals surface area contributed by atoms with Crippen LogP contribution in [0.2, 0.25) is 0 Å². The molecule has 0 radical (unpaired) electrons. The molecule has 2 amide bonds. The molecule has 1 saturated heterocycles. The number of aryl methyl sites for hydroxylation is 2. The van der Waals surface area contributed by atoms with Crippen molar-refractivity contribution in [3.63, 3.8) is 0 Å². The Bertz CT molecular complexity index is 564. The lowest BCUT2D eigenvalue weighted by Crippen LogP contribution is -2.53. The van der Waals surface area contributed by atoms with E-state index in [0.717, 1.165) is 30.0 Å². The maximum Gasteiger partial charge on any atom is 0.315 e. The Labute approximate surface area is 155 Å². The van der Waals surface area contributed by atoms with E-state index in [4.69, 9.17) is 14.0 Å². The number of urea groups is 1. The fraction of sp³-hybridized carbons (Fsp3) is 0.789. The fourth-order valence-electron chi connectivity index (χ4n) is 3.80. The third-order valence-corrected chi connectivity index (χ3v) is 5.51. The number of amides is 2. The van der Waals surface area contributed by atoms with E-state index in [2.05, 4.69) is 15.8 Å². The Morgan fingerprint density at radius 1 is 1.23 bits per heavy atom. The molecule has 0 spiro atoms.